The molecule has 1 aromatic rings. The van der Waals surface area contributed by atoms with E-state index in [9.17, 15) is 0 Å². The molecule has 1 aliphatic heterocycles. The maximum atomic E-state index is 5.56. The lowest BCUT2D eigenvalue weighted by atomic mass is 10.1. The van der Waals surface area contributed by atoms with Gasteiger partial charge in [0.1, 0.15) is 10.8 Å². The average molecular weight is 226 g/mol. The third-order valence-electron chi connectivity index (χ3n) is 2.91. The molecular formula is C10H18N4S. The number of aromatic nitrogens is 1. The molecular weight excluding hydrogens is 208 g/mol. The molecule has 5 heteroatoms. The Balaban J connectivity index is 1.75. The summed E-state index contributed by atoms with van der Waals surface area (Å²) in [6.07, 6.45) is 1.30. The number of hydrogen-bond acceptors (Lipinski definition) is 5. The van der Waals surface area contributed by atoms with Gasteiger partial charge < -0.3 is 16.0 Å². The highest BCUT2D eigenvalue weighted by molar-refractivity contribution is 7.10. The Hall–Kier alpha value is -0.810. The summed E-state index contributed by atoms with van der Waals surface area (Å²) in [5, 5.41) is 4.49. The number of nitrogen functional groups attached to an aromatic ring is 1. The van der Waals surface area contributed by atoms with Gasteiger partial charge in [-0.2, -0.15) is 4.37 Å². The average Bonchev–Trinajstić information content (AvgIpc) is 2.83. The van der Waals surface area contributed by atoms with Crippen molar-refractivity contribution in [3.05, 3.63) is 6.07 Å². The smallest absolute Gasteiger partial charge is 0.139 e. The third kappa shape index (κ3) is 2.82. The Kier molecular flexibility index (Phi) is 3.43. The van der Waals surface area contributed by atoms with Crippen molar-refractivity contribution in [2.45, 2.75) is 13.3 Å². The highest BCUT2D eigenvalue weighted by Crippen LogP contribution is 2.20. The van der Waals surface area contributed by atoms with Crippen LogP contribution in [0.15, 0.2) is 6.07 Å². The molecule has 2 rings (SSSR count). The number of nitrogens with zero attached hydrogens (tertiary/aromatic N) is 2. The lowest BCUT2D eigenvalue weighted by Crippen LogP contribution is -2.22. The van der Waals surface area contributed by atoms with Crippen LogP contribution >= 0.6 is 11.5 Å². The monoisotopic (exact) mass is 226 g/mol. The van der Waals surface area contributed by atoms with Gasteiger partial charge in [0.15, 0.2) is 0 Å². The molecule has 4 nitrogen and oxygen atoms in total. The molecule has 15 heavy (non-hydrogen) atoms. The van der Waals surface area contributed by atoms with E-state index >= 15 is 0 Å². The van der Waals surface area contributed by atoms with Crippen LogP contribution in [-0.4, -0.2) is 35.5 Å². The Labute approximate surface area is 94.6 Å². The molecule has 84 valence electrons. The number of rotatable bonds is 4. The molecule has 0 spiro atoms. The minimum absolute atomic E-state index is 0.615. The molecule has 0 aromatic carbocycles. The summed E-state index contributed by atoms with van der Waals surface area (Å²) in [4.78, 5) is 2.49. The van der Waals surface area contributed by atoms with E-state index in [1.165, 1.54) is 37.6 Å². The molecule has 1 unspecified atom stereocenters. The van der Waals surface area contributed by atoms with Crippen molar-refractivity contribution in [2.75, 3.05) is 37.2 Å². The fraction of sp³-hybridized carbons (Fsp3) is 0.700. The minimum Gasteiger partial charge on any atom is -0.383 e. The number of nitrogens with two attached hydrogens (primary N) is 1. The van der Waals surface area contributed by atoms with E-state index < -0.39 is 0 Å². The number of likely N-dealkylation sites (tertiary alicyclic amines) is 1. The van der Waals surface area contributed by atoms with E-state index in [0.717, 1.165) is 17.5 Å². The second-order valence-corrected chi connectivity index (χ2v) is 4.85. The summed E-state index contributed by atoms with van der Waals surface area (Å²) < 4.78 is 4.04. The summed E-state index contributed by atoms with van der Waals surface area (Å²) in [7, 11) is 0. The topological polar surface area (TPSA) is 54.2 Å². The van der Waals surface area contributed by atoms with E-state index in [4.69, 9.17) is 5.73 Å². The predicted molar refractivity (Wildman–Crippen MR) is 65.2 cm³/mol. The number of anilines is 2. The van der Waals surface area contributed by atoms with Crippen LogP contribution in [0.3, 0.4) is 0 Å². The zero-order chi connectivity index (χ0) is 10.7. The van der Waals surface area contributed by atoms with Gasteiger partial charge in [0, 0.05) is 19.2 Å². The van der Waals surface area contributed by atoms with Gasteiger partial charge in [0.2, 0.25) is 0 Å². The van der Waals surface area contributed by atoms with E-state index in [1.54, 1.807) is 0 Å². The highest BCUT2D eigenvalue weighted by atomic mass is 32.1. The third-order valence-corrected chi connectivity index (χ3v) is 3.67. The molecule has 1 aliphatic rings. The number of nitrogens with one attached hydrogen (secondary N) is 1. The van der Waals surface area contributed by atoms with Crippen molar-refractivity contribution in [3.63, 3.8) is 0 Å². The quantitative estimate of drug-likeness (QED) is 0.816. The Morgan fingerprint density at radius 1 is 1.73 bits per heavy atom. The normalized spacial score (nSPS) is 22.1. The standard InChI is InChI=1S/C10H18N4S/c1-2-14-4-3-8(7-14)6-12-10-5-9(11)13-15-10/h5,8,12H,2-4,6-7H2,1H3,(H2,11,13). The first-order valence-electron chi connectivity index (χ1n) is 5.46. The van der Waals surface area contributed by atoms with Crippen LogP contribution in [0.4, 0.5) is 10.8 Å². The van der Waals surface area contributed by atoms with E-state index in [-0.39, 0.29) is 0 Å². The molecule has 2 heterocycles. The Morgan fingerprint density at radius 2 is 2.60 bits per heavy atom. The van der Waals surface area contributed by atoms with Gasteiger partial charge in [0.25, 0.3) is 0 Å². The SMILES string of the molecule is CCN1CCC(CNc2cc(N)ns2)C1. The van der Waals surface area contributed by atoms with Crippen LogP contribution in [0.1, 0.15) is 13.3 Å². The Morgan fingerprint density at radius 3 is 3.20 bits per heavy atom. The van der Waals surface area contributed by atoms with Crippen LogP contribution < -0.4 is 11.1 Å². The van der Waals surface area contributed by atoms with Gasteiger partial charge in [-0.15, -0.1) is 0 Å². The zero-order valence-electron chi connectivity index (χ0n) is 9.07. The second-order valence-electron chi connectivity index (χ2n) is 4.04. The van der Waals surface area contributed by atoms with E-state index in [0.29, 0.717) is 5.82 Å². The van der Waals surface area contributed by atoms with Crippen molar-refractivity contribution >= 4 is 22.4 Å². The van der Waals surface area contributed by atoms with Gasteiger partial charge in [-0.3, -0.25) is 0 Å². The van der Waals surface area contributed by atoms with Crippen LogP contribution in [0.2, 0.25) is 0 Å². The van der Waals surface area contributed by atoms with Crippen LogP contribution in [0.25, 0.3) is 0 Å². The van der Waals surface area contributed by atoms with Gasteiger partial charge in [-0.1, -0.05) is 6.92 Å². The summed E-state index contributed by atoms with van der Waals surface area (Å²) in [6, 6.07) is 1.90. The first kappa shape index (κ1) is 10.7. The number of hydrogen-bond donors (Lipinski definition) is 2. The van der Waals surface area contributed by atoms with E-state index in [2.05, 4.69) is 21.5 Å². The zero-order valence-corrected chi connectivity index (χ0v) is 9.89. The van der Waals surface area contributed by atoms with Gasteiger partial charge in [-0.05, 0) is 37.0 Å². The summed E-state index contributed by atoms with van der Waals surface area (Å²) in [5.41, 5.74) is 5.56. The fourth-order valence-electron chi connectivity index (χ4n) is 1.98. The Bertz CT molecular complexity index is 312. The second kappa shape index (κ2) is 4.81. The van der Waals surface area contributed by atoms with Crippen molar-refractivity contribution in [3.8, 4) is 0 Å². The molecule has 0 saturated carbocycles. The largest absolute Gasteiger partial charge is 0.383 e. The maximum absolute atomic E-state index is 5.56. The maximum Gasteiger partial charge on any atom is 0.139 e. The predicted octanol–water partition coefficient (Wildman–Crippen LogP) is 1.48. The highest BCUT2D eigenvalue weighted by Gasteiger charge is 2.20. The van der Waals surface area contributed by atoms with Crippen molar-refractivity contribution < 1.29 is 0 Å². The first-order valence-corrected chi connectivity index (χ1v) is 6.23. The van der Waals surface area contributed by atoms with Crippen LogP contribution in [0.5, 0.6) is 0 Å². The molecule has 1 aromatic heterocycles. The summed E-state index contributed by atoms with van der Waals surface area (Å²) in [6.45, 7) is 6.90. The van der Waals surface area contributed by atoms with Crippen molar-refractivity contribution in [1.29, 1.82) is 0 Å². The lowest BCUT2D eigenvalue weighted by Gasteiger charge is -2.13. The van der Waals surface area contributed by atoms with Crippen molar-refractivity contribution in [1.82, 2.24) is 9.27 Å². The molecule has 0 aliphatic carbocycles. The van der Waals surface area contributed by atoms with Crippen molar-refractivity contribution in [2.24, 2.45) is 5.92 Å². The van der Waals surface area contributed by atoms with Gasteiger partial charge in [0.05, 0.1) is 0 Å². The molecule has 1 atom stereocenters. The summed E-state index contributed by atoms with van der Waals surface area (Å²) in [5.74, 6) is 1.39. The molecule has 3 N–H and O–H groups in total. The molecule has 0 bridgehead atoms. The molecule has 1 fully saturated rings. The molecule has 0 amide bonds. The first-order chi connectivity index (χ1) is 7.28. The lowest BCUT2D eigenvalue weighted by molar-refractivity contribution is 0.345. The minimum atomic E-state index is 0.615. The fourth-order valence-corrected chi connectivity index (χ4v) is 2.56. The van der Waals surface area contributed by atoms with E-state index in [1.807, 2.05) is 6.07 Å². The van der Waals surface area contributed by atoms with Gasteiger partial charge >= 0.3 is 0 Å². The van der Waals surface area contributed by atoms with Gasteiger partial charge in [-0.25, -0.2) is 0 Å². The molecule has 1 saturated heterocycles. The van der Waals surface area contributed by atoms with Crippen LogP contribution in [-0.2, 0) is 0 Å². The van der Waals surface area contributed by atoms with Crippen LogP contribution in [0, 0.1) is 5.92 Å². The molecule has 0 radical (unpaired) electrons. The summed E-state index contributed by atoms with van der Waals surface area (Å²) >= 11 is 1.44.